The summed E-state index contributed by atoms with van der Waals surface area (Å²) < 4.78 is 11.3. The molecule has 0 aliphatic heterocycles. The summed E-state index contributed by atoms with van der Waals surface area (Å²) in [6, 6.07) is 15.2. The molecule has 4 nitrogen and oxygen atoms in total. The smallest absolute Gasteiger partial charge is 0.353 e. The fraction of sp³-hybridized carbons (Fsp3) is 0. The lowest BCUT2D eigenvalue weighted by Gasteiger charge is -2.11. The predicted octanol–water partition coefficient (Wildman–Crippen LogP) is 6.05. The lowest BCUT2D eigenvalue weighted by atomic mass is 10.1. The van der Waals surface area contributed by atoms with Crippen LogP contribution in [0.1, 0.15) is 9.67 Å². The van der Waals surface area contributed by atoms with Crippen LogP contribution < -0.4 is 10.2 Å². The summed E-state index contributed by atoms with van der Waals surface area (Å²) in [6.07, 6.45) is 0. The zero-order chi connectivity index (χ0) is 19.0. The van der Waals surface area contributed by atoms with Gasteiger partial charge in [-0.05, 0) is 23.6 Å². The maximum Gasteiger partial charge on any atom is 0.353 e. The quantitative estimate of drug-likeness (QED) is 0.381. The van der Waals surface area contributed by atoms with Gasteiger partial charge in [0.15, 0.2) is 11.3 Å². The van der Waals surface area contributed by atoms with E-state index in [1.54, 1.807) is 41.8 Å². The van der Waals surface area contributed by atoms with Crippen molar-refractivity contribution in [2.75, 3.05) is 0 Å². The molecule has 0 unspecified atom stereocenters. The maximum absolute atomic E-state index is 13.1. The molecule has 134 valence electrons. The average Bonchev–Trinajstić information content (AvgIpc) is 3.20. The molecule has 4 rings (SSSR count). The Morgan fingerprint density at radius 3 is 2.52 bits per heavy atom. The van der Waals surface area contributed by atoms with Crippen molar-refractivity contribution >= 4 is 51.5 Å². The van der Waals surface area contributed by atoms with Crippen molar-refractivity contribution in [2.45, 2.75) is 0 Å². The van der Waals surface area contributed by atoms with Crippen LogP contribution >= 0.6 is 34.5 Å². The molecule has 0 radical (unpaired) electrons. The first-order chi connectivity index (χ1) is 13.0. The van der Waals surface area contributed by atoms with Crippen molar-refractivity contribution in [1.29, 1.82) is 0 Å². The second-order valence-corrected chi connectivity index (χ2v) is 7.38. The summed E-state index contributed by atoms with van der Waals surface area (Å²) in [5.41, 5.74) is 0.238. The van der Waals surface area contributed by atoms with Gasteiger partial charge >= 0.3 is 5.97 Å². The number of esters is 1. The number of carbonyl (C=O) groups excluding carboxylic acids is 1. The van der Waals surface area contributed by atoms with E-state index in [4.69, 9.17) is 32.4 Å². The Kier molecular flexibility index (Phi) is 4.74. The summed E-state index contributed by atoms with van der Waals surface area (Å²) in [5.74, 6) is -0.713. The molecule has 0 fully saturated rings. The van der Waals surface area contributed by atoms with Gasteiger partial charge in [-0.15, -0.1) is 11.3 Å². The summed E-state index contributed by atoms with van der Waals surface area (Å²) in [7, 11) is 0. The number of hydrogen-bond acceptors (Lipinski definition) is 5. The SMILES string of the molecule is O=C(Oc1c(-c2ccccc2)oc2c(Cl)cc(Cl)cc2c1=O)c1cccs1. The molecule has 0 saturated carbocycles. The van der Waals surface area contributed by atoms with Crippen molar-refractivity contribution in [1.82, 2.24) is 0 Å². The number of benzene rings is 2. The van der Waals surface area contributed by atoms with Gasteiger partial charge in [-0.2, -0.15) is 0 Å². The van der Waals surface area contributed by atoms with E-state index in [1.165, 1.54) is 23.5 Å². The highest BCUT2D eigenvalue weighted by Crippen LogP contribution is 2.35. The van der Waals surface area contributed by atoms with E-state index in [-0.39, 0.29) is 32.5 Å². The summed E-state index contributed by atoms with van der Waals surface area (Å²) in [6.45, 7) is 0. The molecule has 2 heterocycles. The molecular weight excluding hydrogens is 407 g/mol. The minimum atomic E-state index is -0.637. The highest BCUT2D eigenvalue weighted by atomic mass is 35.5. The van der Waals surface area contributed by atoms with Crippen molar-refractivity contribution in [3.63, 3.8) is 0 Å². The average molecular weight is 417 g/mol. The lowest BCUT2D eigenvalue weighted by Crippen LogP contribution is -2.15. The van der Waals surface area contributed by atoms with Gasteiger partial charge in [-0.3, -0.25) is 4.79 Å². The van der Waals surface area contributed by atoms with Crippen LogP contribution in [0.25, 0.3) is 22.3 Å². The third kappa shape index (κ3) is 3.37. The topological polar surface area (TPSA) is 56.5 Å². The molecule has 0 spiro atoms. The Labute approximate surface area is 167 Å². The fourth-order valence-corrected chi connectivity index (χ4v) is 3.75. The highest BCUT2D eigenvalue weighted by Gasteiger charge is 2.23. The van der Waals surface area contributed by atoms with E-state index in [1.807, 2.05) is 6.07 Å². The number of fused-ring (bicyclic) bond motifs is 1. The molecule has 4 aromatic rings. The lowest BCUT2D eigenvalue weighted by molar-refractivity contribution is 0.0736. The van der Waals surface area contributed by atoms with E-state index < -0.39 is 11.4 Å². The van der Waals surface area contributed by atoms with Gasteiger partial charge in [0.25, 0.3) is 0 Å². The molecule has 27 heavy (non-hydrogen) atoms. The van der Waals surface area contributed by atoms with Crippen molar-refractivity contribution in [3.8, 4) is 17.1 Å². The molecule has 0 amide bonds. The van der Waals surface area contributed by atoms with Crippen LogP contribution in [0.5, 0.6) is 5.75 Å². The van der Waals surface area contributed by atoms with Crippen LogP contribution in [-0.2, 0) is 0 Å². The number of hydrogen-bond donors (Lipinski definition) is 0. The number of ether oxygens (including phenoxy) is 1. The number of carbonyl (C=O) groups is 1. The zero-order valence-corrected chi connectivity index (χ0v) is 15.9. The fourth-order valence-electron chi connectivity index (χ4n) is 2.62. The van der Waals surface area contributed by atoms with Crippen LogP contribution in [0.2, 0.25) is 10.0 Å². The molecule has 7 heteroatoms. The molecular formula is C20H10Cl2O4S. The van der Waals surface area contributed by atoms with Gasteiger partial charge in [-0.1, -0.05) is 59.6 Å². The Morgan fingerprint density at radius 1 is 1.04 bits per heavy atom. The largest absolute Gasteiger partial charge is 0.450 e. The number of halogens is 2. The van der Waals surface area contributed by atoms with Crippen LogP contribution in [0, 0.1) is 0 Å². The molecule has 0 bridgehead atoms. The third-order valence-corrected chi connectivity index (χ3v) is 5.17. The monoisotopic (exact) mass is 416 g/mol. The van der Waals surface area contributed by atoms with Crippen molar-refractivity contribution in [3.05, 3.63) is 85.1 Å². The van der Waals surface area contributed by atoms with E-state index in [2.05, 4.69) is 0 Å². The molecule has 2 aromatic heterocycles. The minimum absolute atomic E-state index is 0.127. The third-order valence-electron chi connectivity index (χ3n) is 3.82. The normalized spacial score (nSPS) is 10.9. The van der Waals surface area contributed by atoms with E-state index >= 15 is 0 Å². The second-order valence-electron chi connectivity index (χ2n) is 5.59. The van der Waals surface area contributed by atoms with Gasteiger partial charge in [0.2, 0.25) is 11.2 Å². The van der Waals surface area contributed by atoms with E-state index in [0.29, 0.717) is 10.4 Å². The summed E-state index contributed by atoms with van der Waals surface area (Å²) >= 11 is 13.4. The first-order valence-electron chi connectivity index (χ1n) is 7.81. The standard InChI is InChI=1S/C20H10Cl2O4S/c21-12-9-13-16(23)19(26-20(24)15-7-4-8-27-15)17(11-5-2-1-3-6-11)25-18(13)14(22)10-12/h1-10H. The summed E-state index contributed by atoms with van der Waals surface area (Å²) in [4.78, 5) is 25.9. The Morgan fingerprint density at radius 2 is 1.81 bits per heavy atom. The van der Waals surface area contributed by atoms with Crippen LogP contribution in [0.3, 0.4) is 0 Å². The predicted molar refractivity (Wildman–Crippen MR) is 107 cm³/mol. The van der Waals surface area contributed by atoms with Gasteiger partial charge in [0, 0.05) is 10.6 Å². The van der Waals surface area contributed by atoms with Crippen molar-refractivity contribution < 1.29 is 13.9 Å². The minimum Gasteiger partial charge on any atom is -0.450 e. The Bertz CT molecular complexity index is 1200. The summed E-state index contributed by atoms with van der Waals surface area (Å²) in [5, 5.41) is 2.36. The molecule has 0 aliphatic carbocycles. The van der Waals surface area contributed by atoms with Crippen LogP contribution in [0.15, 0.2) is 69.2 Å². The van der Waals surface area contributed by atoms with Gasteiger partial charge in [0.05, 0.1) is 10.4 Å². The van der Waals surface area contributed by atoms with E-state index in [9.17, 15) is 9.59 Å². The molecule has 0 N–H and O–H groups in total. The van der Waals surface area contributed by atoms with Gasteiger partial charge < -0.3 is 9.15 Å². The first-order valence-corrected chi connectivity index (χ1v) is 9.45. The Hall–Kier alpha value is -2.60. The number of rotatable bonds is 3. The molecule has 0 aliphatic rings. The first kappa shape index (κ1) is 17.8. The number of thiophene rings is 1. The van der Waals surface area contributed by atoms with Gasteiger partial charge in [0.1, 0.15) is 4.88 Å². The van der Waals surface area contributed by atoms with Crippen LogP contribution in [0.4, 0.5) is 0 Å². The Balaban J connectivity index is 1.98. The van der Waals surface area contributed by atoms with Gasteiger partial charge in [-0.25, -0.2) is 4.79 Å². The molecule has 0 atom stereocenters. The second kappa shape index (κ2) is 7.19. The molecule has 2 aromatic carbocycles. The van der Waals surface area contributed by atoms with Crippen molar-refractivity contribution in [2.24, 2.45) is 0 Å². The zero-order valence-electron chi connectivity index (χ0n) is 13.6. The molecule has 0 saturated heterocycles. The maximum atomic E-state index is 13.1. The van der Waals surface area contributed by atoms with Crippen LogP contribution in [-0.4, -0.2) is 5.97 Å². The highest BCUT2D eigenvalue weighted by molar-refractivity contribution is 7.12. The van der Waals surface area contributed by atoms with E-state index in [0.717, 1.165) is 0 Å².